The Hall–Kier alpha value is -1.51. The van der Waals surface area contributed by atoms with Gasteiger partial charge in [-0.25, -0.2) is 4.79 Å². The Balaban J connectivity index is 2.76. The summed E-state index contributed by atoms with van der Waals surface area (Å²) in [6.07, 6.45) is 0. The molecule has 94 valence electrons. The lowest BCUT2D eigenvalue weighted by atomic mass is 9.69. The molecule has 1 aromatic carbocycles. The maximum Gasteiger partial charge on any atom is 0.462 e. The fraction of sp³-hybridized carbons (Fsp3) is 0.125. The smallest absolute Gasteiger partial charge is 0.428 e. The first-order valence-electron chi connectivity index (χ1n) is 4.72. The van der Waals surface area contributed by atoms with Gasteiger partial charge in [-0.2, -0.15) is 0 Å². The number of nitrogens with one attached hydrogen (secondary N) is 1. The summed E-state index contributed by atoms with van der Waals surface area (Å²) in [5.74, 6) is 0. The summed E-state index contributed by atoms with van der Waals surface area (Å²) in [4.78, 5) is 22.6. The number of rotatable bonds is 1. The van der Waals surface area contributed by atoms with Crippen LogP contribution in [0.5, 0.6) is 0 Å². The molecule has 1 aromatic rings. The number of hydrogen-bond donors (Lipinski definition) is 2. The number of nitro groups is 1. The van der Waals surface area contributed by atoms with Crippen molar-refractivity contribution in [1.29, 1.82) is 0 Å². The number of carbonyl (C=O) groups excluding carboxylic acids is 1. The molecule has 2 rings (SSSR count). The van der Waals surface area contributed by atoms with Crippen molar-refractivity contribution in [2.45, 2.75) is 0 Å². The quantitative estimate of drug-likeness (QED) is 0.459. The van der Waals surface area contributed by atoms with Crippen LogP contribution in [0, 0.1) is 10.1 Å². The maximum absolute atomic E-state index is 11.5. The van der Waals surface area contributed by atoms with Crippen LogP contribution in [-0.4, -0.2) is 34.9 Å². The Morgan fingerprint density at radius 3 is 2.72 bits per heavy atom. The Labute approximate surface area is 112 Å². The number of nitrogens with zero attached hydrogens (tertiary/aromatic N) is 2. The summed E-state index contributed by atoms with van der Waals surface area (Å²) in [7, 11) is -0.154. The summed E-state index contributed by atoms with van der Waals surface area (Å²) in [5, 5.41) is 22.9. The summed E-state index contributed by atoms with van der Waals surface area (Å²) < 4.78 is 0. The molecule has 0 fully saturated rings. The van der Waals surface area contributed by atoms with Gasteiger partial charge < -0.3 is 15.2 Å². The van der Waals surface area contributed by atoms with Gasteiger partial charge >= 0.3 is 13.1 Å². The molecule has 2 N–H and O–H groups in total. The first-order chi connectivity index (χ1) is 8.34. The molecule has 0 saturated carbocycles. The molecule has 1 aliphatic rings. The first-order valence-corrected chi connectivity index (χ1v) is 5.48. The Morgan fingerprint density at radius 2 is 2.17 bits per heavy atom. The first kappa shape index (κ1) is 12.9. The number of benzene rings is 1. The number of fused-ring (bicyclic) bond motifs is 1. The van der Waals surface area contributed by atoms with Crippen LogP contribution >= 0.6 is 23.2 Å². The number of nitro benzene ring substituents is 1. The fourth-order valence-electron chi connectivity index (χ4n) is 1.68. The van der Waals surface area contributed by atoms with Crippen LogP contribution in [0.2, 0.25) is 10.0 Å². The standard InChI is InChI=1S/C8H6BCl2N3O4/c1-13-8(15)12-4-2-3(10)6(11)7(14(17)18)5(4)9(13)16/h2,16H,1H3,(H,12,15). The van der Waals surface area contributed by atoms with Crippen LogP contribution in [0.25, 0.3) is 0 Å². The van der Waals surface area contributed by atoms with E-state index in [1.807, 2.05) is 0 Å². The Morgan fingerprint density at radius 1 is 1.56 bits per heavy atom. The molecule has 0 spiro atoms. The molecule has 0 saturated heterocycles. The lowest BCUT2D eigenvalue weighted by molar-refractivity contribution is -0.383. The highest BCUT2D eigenvalue weighted by atomic mass is 35.5. The average molecular weight is 290 g/mol. The van der Waals surface area contributed by atoms with Crippen molar-refractivity contribution >= 4 is 53.1 Å². The molecule has 1 aliphatic heterocycles. The minimum Gasteiger partial charge on any atom is -0.428 e. The van der Waals surface area contributed by atoms with Crippen molar-refractivity contribution in [2.75, 3.05) is 12.4 Å². The molecule has 2 amide bonds. The topological polar surface area (TPSA) is 95.7 Å². The van der Waals surface area contributed by atoms with E-state index >= 15 is 0 Å². The average Bonchev–Trinajstić information content (AvgIpc) is 2.29. The summed E-state index contributed by atoms with van der Waals surface area (Å²) in [6.45, 7) is 0. The van der Waals surface area contributed by atoms with Crippen LogP contribution < -0.4 is 10.8 Å². The predicted molar refractivity (Wildman–Crippen MR) is 67.5 cm³/mol. The third-order valence-corrected chi connectivity index (χ3v) is 3.38. The van der Waals surface area contributed by atoms with Crippen LogP contribution in [0.1, 0.15) is 0 Å². The van der Waals surface area contributed by atoms with E-state index in [9.17, 15) is 19.9 Å². The molecular formula is C8H6BCl2N3O4. The van der Waals surface area contributed by atoms with Gasteiger partial charge in [0.15, 0.2) is 0 Å². The molecule has 0 unspecified atom stereocenters. The minimum absolute atomic E-state index is 0.0702. The molecule has 1 heterocycles. The van der Waals surface area contributed by atoms with Crippen LogP contribution in [0.15, 0.2) is 6.07 Å². The minimum atomic E-state index is -1.45. The van der Waals surface area contributed by atoms with E-state index in [0.717, 1.165) is 4.81 Å². The van der Waals surface area contributed by atoms with E-state index in [0.29, 0.717) is 0 Å². The molecule has 10 heteroatoms. The molecule has 7 nitrogen and oxygen atoms in total. The van der Waals surface area contributed by atoms with Gasteiger partial charge in [0.1, 0.15) is 5.02 Å². The van der Waals surface area contributed by atoms with Crippen LogP contribution in [0.3, 0.4) is 0 Å². The third kappa shape index (κ3) is 1.78. The van der Waals surface area contributed by atoms with Gasteiger partial charge in [0, 0.05) is 7.05 Å². The van der Waals surface area contributed by atoms with E-state index in [-0.39, 0.29) is 21.2 Å². The molecule has 0 aliphatic carbocycles. The molecular weight excluding hydrogens is 284 g/mol. The second-order valence-electron chi connectivity index (χ2n) is 3.65. The number of hydrogen-bond acceptors (Lipinski definition) is 4. The highest BCUT2D eigenvalue weighted by Crippen LogP contribution is 2.35. The van der Waals surface area contributed by atoms with E-state index in [1.165, 1.54) is 13.1 Å². The fourth-order valence-corrected chi connectivity index (χ4v) is 2.10. The summed E-state index contributed by atoms with van der Waals surface area (Å²) in [6, 6.07) is 0.669. The maximum atomic E-state index is 11.5. The lowest BCUT2D eigenvalue weighted by Crippen LogP contribution is -2.56. The van der Waals surface area contributed by atoms with Gasteiger partial charge in [0.2, 0.25) is 0 Å². The van der Waals surface area contributed by atoms with Crippen LogP contribution in [-0.2, 0) is 0 Å². The molecule has 18 heavy (non-hydrogen) atoms. The Kier molecular flexibility index (Phi) is 3.10. The second-order valence-corrected chi connectivity index (χ2v) is 4.44. The largest absolute Gasteiger partial charge is 0.462 e. The van der Waals surface area contributed by atoms with E-state index in [1.54, 1.807) is 0 Å². The van der Waals surface area contributed by atoms with E-state index in [2.05, 4.69) is 5.32 Å². The van der Waals surface area contributed by atoms with Crippen molar-refractivity contribution in [1.82, 2.24) is 4.81 Å². The zero-order chi connectivity index (χ0) is 13.6. The van der Waals surface area contributed by atoms with Gasteiger partial charge in [-0.05, 0) is 6.07 Å². The Bertz CT molecular complexity index is 568. The number of urea groups is 1. The summed E-state index contributed by atoms with van der Waals surface area (Å²) in [5.41, 5.74) is -0.526. The van der Waals surface area contributed by atoms with E-state index in [4.69, 9.17) is 23.2 Å². The molecule has 0 radical (unpaired) electrons. The van der Waals surface area contributed by atoms with Gasteiger partial charge in [0.05, 0.1) is 21.1 Å². The van der Waals surface area contributed by atoms with E-state index < -0.39 is 23.7 Å². The molecule has 0 atom stereocenters. The number of carbonyl (C=O) groups is 1. The van der Waals surface area contributed by atoms with Crippen LogP contribution in [0.4, 0.5) is 16.2 Å². The molecule has 0 aromatic heterocycles. The highest BCUT2D eigenvalue weighted by molar-refractivity contribution is 6.71. The SMILES string of the molecule is CN1B(O)c2c(cc(Cl)c(Cl)c2[N+](=O)[O-])NC1=O. The van der Waals surface area contributed by atoms with Crippen molar-refractivity contribution in [3.8, 4) is 0 Å². The van der Waals surface area contributed by atoms with Gasteiger partial charge in [-0.1, -0.05) is 23.2 Å². The van der Waals surface area contributed by atoms with Crippen molar-refractivity contribution < 1.29 is 14.7 Å². The number of amides is 2. The lowest BCUT2D eigenvalue weighted by Gasteiger charge is -2.28. The van der Waals surface area contributed by atoms with Crippen molar-refractivity contribution in [3.63, 3.8) is 0 Å². The van der Waals surface area contributed by atoms with Crippen molar-refractivity contribution in [3.05, 3.63) is 26.2 Å². The monoisotopic (exact) mass is 289 g/mol. The van der Waals surface area contributed by atoms with Gasteiger partial charge in [-0.15, -0.1) is 0 Å². The normalized spacial score (nSPS) is 14.3. The summed E-state index contributed by atoms with van der Waals surface area (Å²) >= 11 is 11.5. The van der Waals surface area contributed by atoms with Gasteiger partial charge in [-0.3, -0.25) is 10.1 Å². The third-order valence-electron chi connectivity index (χ3n) is 2.60. The van der Waals surface area contributed by atoms with Gasteiger partial charge in [0.25, 0.3) is 5.69 Å². The zero-order valence-electron chi connectivity index (χ0n) is 8.98. The van der Waals surface area contributed by atoms with Crippen molar-refractivity contribution in [2.24, 2.45) is 0 Å². The molecule has 0 bridgehead atoms. The number of halogens is 2. The zero-order valence-corrected chi connectivity index (χ0v) is 10.5. The highest BCUT2D eigenvalue weighted by Gasteiger charge is 2.41. The number of anilines is 1. The predicted octanol–water partition coefficient (Wildman–Crippen LogP) is 1.07. The second kappa shape index (κ2) is 4.31.